The van der Waals surface area contributed by atoms with Crippen molar-refractivity contribution in [2.24, 2.45) is 0 Å². The quantitative estimate of drug-likeness (QED) is 0.640. The van der Waals surface area contributed by atoms with Crippen LogP contribution >= 0.6 is 0 Å². The third-order valence-electron chi connectivity index (χ3n) is 3.84. The van der Waals surface area contributed by atoms with E-state index in [0.29, 0.717) is 17.0 Å². The van der Waals surface area contributed by atoms with Crippen molar-refractivity contribution in [3.05, 3.63) is 72.3 Å². The van der Waals surface area contributed by atoms with E-state index in [1.165, 1.54) is 6.07 Å². The summed E-state index contributed by atoms with van der Waals surface area (Å²) < 4.78 is 14.4. The largest absolute Gasteiger partial charge is 0.236 e. The van der Waals surface area contributed by atoms with Crippen LogP contribution in [-0.4, -0.2) is 9.97 Å². The fourth-order valence-electron chi connectivity index (χ4n) is 2.52. The van der Waals surface area contributed by atoms with Crippen LogP contribution in [0.3, 0.4) is 0 Å². The van der Waals surface area contributed by atoms with Gasteiger partial charge in [-0.2, -0.15) is 0 Å². The smallest absolute Gasteiger partial charge is 0.159 e. The molecule has 3 rings (SSSR count). The SMILES string of the molecule is CCCCc1cnc(-c2ccc(-c3ccccc3)c(F)c2)nc1. The Morgan fingerprint density at radius 1 is 0.913 bits per heavy atom. The Bertz CT molecular complexity index is 767. The molecule has 0 unspecified atom stereocenters. The first-order chi connectivity index (χ1) is 11.3. The lowest BCUT2D eigenvalue weighted by Crippen LogP contribution is -1.94. The van der Waals surface area contributed by atoms with Gasteiger partial charge in [0.1, 0.15) is 5.82 Å². The highest BCUT2D eigenvalue weighted by Crippen LogP contribution is 2.26. The van der Waals surface area contributed by atoms with Crippen LogP contribution in [0.1, 0.15) is 25.3 Å². The Hall–Kier alpha value is -2.55. The monoisotopic (exact) mass is 306 g/mol. The van der Waals surface area contributed by atoms with Gasteiger partial charge in [-0.25, -0.2) is 14.4 Å². The Morgan fingerprint density at radius 3 is 2.30 bits per heavy atom. The molecule has 0 saturated heterocycles. The summed E-state index contributed by atoms with van der Waals surface area (Å²) in [5.74, 6) is 0.302. The molecule has 0 spiro atoms. The van der Waals surface area contributed by atoms with Gasteiger partial charge in [0, 0.05) is 23.5 Å². The number of hydrogen-bond acceptors (Lipinski definition) is 2. The highest BCUT2D eigenvalue weighted by atomic mass is 19.1. The van der Waals surface area contributed by atoms with E-state index < -0.39 is 0 Å². The second-order valence-electron chi connectivity index (χ2n) is 5.58. The van der Waals surface area contributed by atoms with Gasteiger partial charge in [-0.05, 0) is 30.0 Å². The molecule has 2 nitrogen and oxygen atoms in total. The first-order valence-electron chi connectivity index (χ1n) is 7.94. The first kappa shape index (κ1) is 15.3. The van der Waals surface area contributed by atoms with Gasteiger partial charge in [0.05, 0.1) is 0 Å². The van der Waals surface area contributed by atoms with Crippen LogP contribution in [0.25, 0.3) is 22.5 Å². The maximum absolute atomic E-state index is 14.4. The minimum atomic E-state index is -0.257. The fourth-order valence-corrected chi connectivity index (χ4v) is 2.52. The van der Waals surface area contributed by atoms with Gasteiger partial charge in [0.2, 0.25) is 0 Å². The second kappa shape index (κ2) is 7.14. The number of aromatic nitrogens is 2. The molecule has 0 saturated carbocycles. The highest BCUT2D eigenvalue weighted by Gasteiger charge is 2.08. The molecule has 0 amide bonds. The Labute approximate surface area is 136 Å². The molecule has 0 bridgehead atoms. The van der Waals surface area contributed by atoms with Gasteiger partial charge >= 0.3 is 0 Å². The Balaban J connectivity index is 1.85. The van der Waals surface area contributed by atoms with E-state index in [4.69, 9.17) is 0 Å². The van der Waals surface area contributed by atoms with E-state index in [9.17, 15) is 4.39 Å². The predicted octanol–water partition coefficient (Wildman–Crippen LogP) is 5.29. The molecule has 0 aliphatic heterocycles. The molecule has 3 heteroatoms. The van der Waals surface area contributed by atoms with Gasteiger partial charge in [-0.15, -0.1) is 0 Å². The lowest BCUT2D eigenvalue weighted by Gasteiger charge is -2.06. The number of rotatable bonds is 5. The topological polar surface area (TPSA) is 25.8 Å². The zero-order valence-corrected chi connectivity index (χ0v) is 13.2. The van der Waals surface area contributed by atoms with Crippen LogP contribution < -0.4 is 0 Å². The van der Waals surface area contributed by atoms with Gasteiger partial charge in [0.25, 0.3) is 0 Å². The molecular weight excluding hydrogens is 287 g/mol. The minimum Gasteiger partial charge on any atom is -0.236 e. The van der Waals surface area contributed by atoms with Crippen molar-refractivity contribution in [3.63, 3.8) is 0 Å². The maximum atomic E-state index is 14.4. The molecule has 23 heavy (non-hydrogen) atoms. The molecule has 1 heterocycles. The lowest BCUT2D eigenvalue weighted by molar-refractivity contribution is 0.631. The summed E-state index contributed by atoms with van der Waals surface area (Å²) >= 11 is 0. The summed E-state index contributed by atoms with van der Waals surface area (Å²) in [4.78, 5) is 8.74. The van der Waals surface area contributed by atoms with Crippen LogP contribution in [0.5, 0.6) is 0 Å². The zero-order valence-electron chi connectivity index (χ0n) is 13.2. The van der Waals surface area contributed by atoms with Crippen molar-refractivity contribution < 1.29 is 4.39 Å². The summed E-state index contributed by atoms with van der Waals surface area (Å²) in [6, 6.07) is 14.7. The number of benzene rings is 2. The second-order valence-corrected chi connectivity index (χ2v) is 5.58. The normalized spacial score (nSPS) is 10.7. The standard InChI is InChI=1S/C20H19FN2/c1-2-3-7-15-13-22-20(23-14-15)17-10-11-18(19(21)12-17)16-8-5-4-6-9-16/h4-6,8-14H,2-3,7H2,1H3. The number of unbranched alkanes of at least 4 members (excludes halogenated alkanes) is 1. The molecule has 3 aromatic rings. The van der Waals surface area contributed by atoms with Crippen molar-refractivity contribution in [2.75, 3.05) is 0 Å². The molecule has 116 valence electrons. The molecule has 2 aromatic carbocycles. The van der Waals surface area contributed by atoms with Crippen LogP contribution in [0.4, 0.5) is 4.39 Å². The fraction of sp³-hybridized carbons (Fsp3) is 0.200. The first-order valence-corrected chi connectivity index (χ1v) is 7.94. The Morgan fingerprint density at radius 2 is 1.65 bits per heavy atom. The summed E-state index contributed by atoms with van der Waals surface area (Å²) in [5, 5.41) is 0. The third kappa shape index (κ3) is 3.62. The molecule has 0 atom stereocenters. The average Bonchev–Trinajstić information content (AvgIpc) is 2.61. The van der Waals surface area contributed by atoms with Crippen molar-refractivity contribution >= 4 is 0 Å². The van der Waals surface area contributed by atoms with E-state index in [1.807, 2.05) is 48.8 Å². The molecule has 1 aromatic heterocycles. The van der Waals surface area contributed by atoms with Crippen LogP contribution in [-0.2, 0) is 6.42 Å². The van der Waals surface area contributed by atoms with E-state index in [2.05, 4.69) is 16.9 Å². The van der Waals surface area contributed by atoms with Gasteiger partial charge in [-0.3, -0.25) is 0 Å². The number of hydrogen-bond donors (Lipinski definition) is 0. The number of aryl methyl sites for hydroxylation is 1. The lowest BCUT2D eigenvalue weighted by atomic mass is 10.0. The summed E-state index contributed by atoms with van der Waals surface area (Å²) in [7, 11) is 0. The maximum Gasteiger partial charge on any atom is 0.159 e. The van der Waals surface area contributed by atoms with Gasteiger partial charge in [0.15, 0.2) is 5.82 Å². The minimum absolute atomic E-state index is 0.257. The predicted molar refractivity (Wildman–Crippen MR) is 91.5 cm³/mol. The summed E-state index contributed by atoms with van der Waals surface area (Å²) in [6.45, 7) is 2.16. The van der Waals surface area contributed by atoms with Gasteiger partial charge < -0.3 is 0 Å². The molecular formula is C20H19FN2. The van der Waals surface area contributed by atoms with Crippen molar-refractivity contribution in [3.8, 4) is 22.5 Å². The van der Waals surface area contributed by atoms with Crippen LogP contribution in [0.2, 0.25) is 0 Å². The molecule has 0 radical (unpaired) electrons. The van der Waals surface area contributed by atoms with Crippen molar-refractivity contribution in [2.45, 2.75) is 26.2 Å². The number of halogens is 1. The van der Waals surface area contributed by atoms with Gasteiger partial charge in [-0.1, -0.05) is 55.8 Å². The van der Waals surface area contributed by atoms with Crippen LogP contribution in [0.15, 0.2) is 60.9 Å². The van der Waals surface area contributed by atoms with E-state index in [0.717, 1.165) is 30.4 Å². The molecule has 0 fully saturated rings. The molecule has 0 aliphatic carbocycles. The summed E-state index contributed by atoms with van der Waals surface area (Å²) in [6.07, 6.45) is 6.93. The van der Waals surface area contributed by atoms with E-state index in [1.54, 1.807) is 6.07 Å². The zero-order chi connectivity index (χ0) is 16.1. The van der Waals surface area contributed by atoms with Crippen molar-refractivity contribution in [1.29, 1.82) is 0 Å². The third-order valence-corrected chi connectivity index (χ3v) is 3.84. The highest BCUT2D eigenvalue weighted by molar-refractivity contribution is 5.68. The van der Waals surface area contributed by atoms with Crippen molar-refractivity contribution in [1.82, 2.24) is 9.97 Å². The van der Waals surface area contributed by atoms with Crippen LogP contribution in [0, 0.1) is 5.82 Å². The average molecular weight is 306 g/mol. The molecule has 0 N–H and O–H groups in total. The van der Waals surface area contributed by atoms with E-state index >= 15 is 0 Å². The Kier molecular flexibility index (Phi) is 4.77. The number of nitrogens with zero attached hydrogens (tertiary/aromatic N) is 2. The summed E-state index contributed by atoms with van der Waals surface area (Å²) in [5.41, 5.74) is 3.28. The van der Waals surface area contributed by atoms with E-state index in [-0.39, 0.29) is 5.82 Å². The molecule has 0 aliphatic rings.